The number of aromatic nitrogens is 2. The third-order valence-electron chi connectivity index (χ3n) is 2.35. The highest BCUT2D eigenvalue weighted by molar-refractivity contribution is 5.92. The highest BCUT2D eigenvalue weighted by Crippen LogP contribution is 2.07. The summed E-state index contributed by atoms with van der Waals surface area (Å²) in [6.45, 7) is 7.74. The number of hydrogen-bond acceptors (Lipinski definition) is 5. The van der Waals surface area contributed by atoms with Crippen LogP contribution in [0.2, 0.25) is 0 Å². The smallest absolute Gasteiger partial charge is 0.270 e. The van der Waals surface area contributed by atoms with Crippen LogP contribution in [0.3, 0.4) is 0 Å². The van der Waals surface area contributed by atoms with Gasteiger partial charge in [0.1, 0.15) is 17.3 Å². The van der Waals surface area contributed by atoms with Gasteiger partial charge in [0.2, 0.25) is 0 Å². The first-order valence-corrected chi connectivity index (χ1v) is 6.39. The van der Waals surface area contributed by atoms with Crippen LogP contribution in [0, 0.1) is 12.8 Å². The van der Waals surface area contributed by atoms with Crippen LogP contribution in [-0.2, 0) is 4.74 Å². The largest absolute Gasteiger partial charge is 0.383 e. The maximum absolute atomic E-state index is 11.9. The number of anilines is 1. The Bertz CT molecular complexity index is 421. The number of nitrogens with one attached hydrogen (secondary N) is 2. The topological polar surface area (TPSA) is 76.1 Å². The molecule has 1 rings (SSSR count). The van der Waals surface area contributed by atoms with E-state index in [9.17, 15) is 4.79 Å². The molecule has 106 valence electrons. The lowest BCUT2D eigenvalue weighted by molar-refractivity contribution is 0.0932. The third-order valence-corrected chi connectivity index (χ3v) is 2.35. The van der Waals surface area contributed by atoms with E-state index in [1.54, 1.807) is 20.1 Å². The van der Waals surface area contributed by atoms with Crippen molar-refractivity contribution < 1.29 is 9.53 Å². The monoisotopic (exact) mass is 266 g/mol. The van der Waals surface area contributed by atoms with E-state index in [0.29, 0.717) is 36.4 Å². The Labute approximate surface area is 114 Å². The Kier molecular flexibility index (Phi) is 6.21. The molecule has 0 fully saturated rings. The zero-order valence-electron chi connectivity index (χ0n) is 12.0. The van der Waals surface area contributed by atoms with Crippen molar-refractivity contribution in [1.29, 1.82) is 0 Å². The van der Waals surface area contributed by atoms with Crippen LogP contribution in [0.5, 0.6) is 0 Å². The van der Waals surface area contributed by atoms with E-state index in [2.05, 4.69) is 34.4 Å². The van der Waals surface area contributed by atoms with Crippen molar-refractivity contribution in [1.82, 2.24) is 15.3 Å². The van der Waals surface area contributed by atoms with Crippen molar-refractivity contribution in [2.24, 2.45) is 5.92 Å². The molecule has 1 heterocycles. The second-order valence-corrected chi connectivity index (χ2v) is 4.71. The van der Waals surface area contributed by atoms with Gasteiger partial charge >= 0.3 is 0 Å². The molecule has 6 heteroatoms. The predicted molar refractivity (Wildman–Crippen MR) is 74.3 cm³/mol. The highest BCUT2D eigenvalue weighted by Gasteiger charge is 2.10. The van der Waals surface area contributed by atoms with E-state index < -0.39 is 0 Å². The van der Waals surface area contributed by atoms with Gasteiger partial charge < -0.3 is 15.4 Å². The predicted octanol–water partition coefficient (Wildman–Crippen LogP) is 1.23. The molecule has 0 aromatic carbocycles. The van der Waals surface area contributed by atoms with Crippen molar-refractivity contribution >= 4 is 11.7 Å². The maximum Gasteiger partial charge on any atom is 0.270 e. The Hall–Kier alpha value is -1.69. The molecule has 0 aliphatic rings. The first kappa shape index (κ1) is 15.4. The molecule has 0 spiro atoms. The quantitative estimate of drug-likeness (QED) is 0.726. The molecule has 0 aliphatic heterocycles. The van der Waals surface area contributed by atoms with E-state index in [-0.39, 0.29) is 5.91 Å². The normalized spacial score (nSPS) is 10.6. The van der Waals surface area contributed by atoms with Crippen LogP contribution in [0.1, 0.15) is 30.2 Å². The number of hydrogen-bond donors (Lipinski definition) is 2. The Morgan fingerprint density at radius 3 is 2.79 bits per heavy atom. The van der Waals surface area contributed by atoms with Crippen LogP contribution >= 0.6 is 0 Å². The molecule has 1 aromatic rings. The molecular weight excluding hydrogens is 244 g/mol. The molecule has 6 nitrogen and oxygen atoms in total. The molecule has 0 saturated heterocycles. The molecule has 1 amide bonds. The van der Waals surface area contributed by atoms with Gasteiger partial charge in [-0.05, 0) is 12.8 Å². The first-order valence-electron chi connectivity index (χ1n) is 6.39. The number of methoxy groups -OCH3 is 1. The molecule has 0 saturated carbocycles. The molecule has 0 unspecified atom stereocenters. The summed E-state index contributed by atoms with van der Waals surface area (Å²) in [6.07, 6.45) is 0. The van der Waals surface area contributed by atoms with Crippen LogP contribution < -0.4 is 10.6 Å². The number of amides is 1. The average molecular weight is 266 g/mol. The summed E-state index contributed by atoms with van der Waals surface area (Å²) < 4.78 is 4.88. The van der Waals surface area contributed by atoms with Gasteiger partial charge in [-0.3, -0.25) is 4.79 Å². The van der Waals surface area contributed by atoms with Crippen LogP contribution in [0.25, 0.3) is 0 Å². The lowest BCUT2D eigenvalue weighted by Gasteiger charge is -2.10. The fourth-order valence-electron chi connectivity index (χ4n) is 1.44. The summed E-state index contributed by atoms with van der Waals surface area (Å²) >= 11 is 0. The van der Waals surface area contributed by atoms with Crippen molar-refractivity contribution in [2.45, 2.75) is 20.8 Å². The highest BCUT2D eigenvalue weighted by atomic mass is 16.5. The number of carbonyl (C=O) groups is 1. The second kappa shape index (κ2) is 7.68. The van der Waals surface area contributed by atoms with Gasteiger partial charge in [0, 0.05) is 26.3 Å². The van der Waals surface area contributed by atoms with Gasteiger partial charge in [0.15, 0.2) is 0 Å². The lowest BCUT2D eigenvalue weighted by Crippen LogP contribution is -2.28. The number of carbonyl (C=O) groups excluding carboxylic acids is 1. The van der Waals surface area contributed by atoms with Crippen molar-refractivity contribution in [2.75, 3.05) is 32.1 Å². The minimum absolute atomic E-state index is 0.213. The van der Waals surface area contributed by atoms with Crippen molar-refractivity contribution in [3.05, 3.63) is 17.6 Å². The van der Waals surface area contributed by atoms with Crippen LogP contribution in [0.15, 0.2) is 6.07 Å². The zero-order valence-corrected chi connectivity index (χ0v) is 12.0. The fourth-order valence-corrected chi connectivity index (χ4v) is 1.44. The Morgan fingerprint density at radius 1 is 1.42 bits per heavy atom. The molecule has 1 aromatic heterocycles. The summed E-state index contributed by atoms with van der Waals surface area (Å²) in [6, 6.07) is 1.66. The van der Waals surface area contributed by atoms with Gasteiger partial charge in [0.25, 0.3) is 5.91 Å². The summed E-state index contributed by atoms with van der Waals surface area (Å²) in [7, 11) is 1.59. The van der Waals surface area contributed by atoms with Crippen LogP contribution in [-0.4, -0.2) is 42.7 Å². The number of ether oxygens (including phenoxy) is 1. The van der Waals surface area contributed by atoms with E-state index in [1.807, 2.05) is 0 Å². The minimum Gasteiger partial charge on any atom is -0.383 e. The lowest BCUT2D eigenvalue weighted by atomic mass is 10.2. The van der Waals surface area contributed by atoms with Gasteiger partial charge in [0.05, 0.1) is 6.61 Å². The molecule has 0 aliphatic carbocycles. The van der Waals surface area contributed by atoms with Crippen LogP contribution in [0.4, 0.5) is 5.82 Å². The molecule has 2 N–H and O–H groups in total. The average Bonchev–Trinajstić information content (AvgIpc) is 2.36. The standard InChI is InChI=1S/C13H22N4O2/c1-9(2)8-15-12-7-11(16-10(3)17-12)13(18)14-5-6-19-4/h7,9H,5-6,8H2,1-4H3,(H,14,18)(H,15,16,17). The third kappa shape index (κ3) is 5.65. The molecule has 0 bridgehead atoms. The summed E-state index contributed by atoms with van der Waals surface area (Å²) in [5.41, 5.74) is 0.370. The number of rotatable bonds is 7. The SMILES string of the molecule is COCCNC(=O)c1cc(NCC(C)C)nc(C)n1. The Balaban J connectivity index is 2.69. The molecule has 0 atom stereocenters. The minimum atomic E-state index is -0.213. The first-order chi connectivity index (χ1) is 9.02. The number of aryl methyl sites for hydroxylation is 1. The van der Waals surface area contributed by atoms with Gasteiger partial charge in [-0.15, -0.1) is 0 Å². The second-order valence-electron chi connectivity index (χ2n) is 4.71. The van der Waals surface area contributed by atoms with Crippen molar-refractivity contribution in [3.8, 4) is 0 Å². The summed E-state index contributed by atoms with van der Waals surface area (Å²) in [5, 5.41) is 5.93. The van der Waals surface area contributed by atoms with Crippen molar-refractivity contribution in [3.63, 3.8) is 0 Å². The summed E-state index contributed by atoms with van der Waals surface area (Å²) in [4.78, 5) is 20.3. The summed E-state index contributed by atoms with van der Waals surface area (Å²) in [5.74, 6) is 1.55. The fraction of sp³-hybridized carbons (Fsp3) is 0.615. The maximum atomic E-state index is 11.9. The van der Waals surface area contributed by atoms with Gasteiger partial charge in [-0.25, -0.2) is 9.97 Å². The van der Waals surface area contributed by atoms with E-state index in [1.165, 1.54) is 0 Å². The molecular formula is C13H22N4O2. The van der Waals surface area contributed by atoms with Gasteiger partial charge in [-0.2, -0.15) is 0 Å². The molecule has 0 radical (unpaired) electrons. The number of nitrogens with zero attached hydrogens (tertiary/aromatic N) is 2. The zero-order chi connectivity index (χ0) is 14.3. The van der Waals surface area contributed by atoms with E-state index >= 15 is 0 Å². The van der Waals surface area contributed by atoms with E-state index in [0.717, 1.165) is 6.54 Å². The molecule has 19 heavy (non-hydrogen) atoms. The Morgan fingerprint density at radius 2 is 2.16 bits per heavy atom. The van der Waals surface area contributed by atoms with Gasteiger partial charge in [-0.1, -0.05) is 13.8 Å². The van der Waals surface area contributed by atoms with E-state index in [4.69, 9.17) is 4.74 Å².